The van der Waals surface area contributed by atoms with E-state index in [1.54, 1.807) is 11.9 Å². The van der Waals surface area contributed by atoms with Crippen molar-refractivity contribution in [2.75, 3.05) is 27.2 Å². The number of aryl methyl sites for hydroxylation is 1. The summed E-state index contributed by atoms with van der Waals surface area (Å²) >= 11 is 0. The number of carbonyl (C=O) groups excluding carboxylic acids is 2. The molecule has 0 bridgehead atoms. The summed E-state index contributed by atoms with van der Waals surface area (Å²) in [5, 5.41) is 0.824. The molecule has 1 amide bonds. The highest BCUT2D eigenvalue weighted by Crippen LogP contribution is 2.23. The molecule has 5 nitrogen and oxygen atoms in total. The number of aromatic amines is 1. The van der Waals surface area contributed by atoms with E-state index in [9.17, 15) is 9.59 Å². The van der Waals surface area contributed by atoms with Crippen LogP contribution in [0, 0.1) is 6.92 Å². The van der Waals surface area contributed by atoms with E-state index >= 15 is 0 Å². The number of likely N-dealkylation sites (tertiary alicyclic amines) is 1. The first-order chi connectivity index (χ1) is 11.0. The highest BCUT2D eigenvalue weighted by atomic mass is 16.2. The Kier molecular flexibility index (Phi) is 4.22. The number of quaternary nitrogens is 1. The minimum absolute atomic E-state index is 0.167. The quantitative estimate of drug-likeness (QED) is 0.650. The Morgan fingerprint density at radius 3 is 2.57 bits per heavy atom. The Hall–Kier alpha value is -2.14. The molecule has 2 N–H and O–H groups in total. The lowest BCUT2D eigenvalue weighted by Gasteiger charge is -2.32. The number of carbonyl (C=O) groups is 2. The molecule has 0 atom stereocenters. The standard InChI is InChI=1S/C18H23N3O2/c1-12-16(14-6-4-5-7-15(14)19-12)17(22)18(23)21(3)13-8-10-20(2)11-9-13/h4-7,13,19H,8-11H2,1-3H3/p+1. The number of ketones is 1. The van der Waals surface area contributed by atoms with Gasteiger partial charge < -0.3 is 14.8 Å². The third-order valence-corrected chi connectivity index (χ3v) is 4.99. The predicted octanol–water partition coefficient (Wildman–Crippen LogP) is 0.795. The van der Waals surface area contributed by atoms with E-state index in [4.69, 9.17) is 0 Å². The smallest absolute Gasteiger partial charge is 0.295 e. The van der Waals surface area contributed by atoms with Gasteiger partial charge in [-0.15, -0.1) is 0 Å². The van der Waals surface area contributed by atoms with Crippen LogP contribution in [0.3, 0.4) is 0 Å². The summed E-state index contributed by atoms with van der Waals surface area (Å²) in [6.07, 6.45) is 1.91. The van der Waals surface area contributed by atoms with Gasteiger partial charge in [0.2, 0.25) is 0 Å². The average Bonchev–Trinajstić information content (AvgIpc) is 2.89. The first-order valence-corrected chi connectivity index (χ1v) is 8.19. The third kappa shape index (κ3) is 2.88. The highest BCUT2D eigenvalue weighted by molar-refractivity contribution is 6.45. The number of hydrogen-bond acceptors (Lipinski definition) is 2. The first kappa shape index (κ1) is 15.7. The molecule has 1 fully saturated rings. The average molecular weight is 314 g/mol. The Bertz CT molecular complexity index is 742. The normalized spacial score (nSPS) is 21.3. The fourth-order valence-corrected chi connectivity index (χ4v) is 3.48. The van der Waals surface area contributed by atoms with Gasteiger partial charge in [0.05, 0.1) is 25.7 Å². The second-order valence-electron chi connectivity index (χ2n) is 6.60. The zero-order chi connectivity index (χ0) is 16.6. The topological polar surface area (TPSA) is 57.6 Å². The highest BCUT2D eigenvalue weighted by Gasteiger charge is 2.31. The molecule has 0 radical (unpaired) electrons. The molecule has 1 aromatic carbocycles. The van der Waals surface area contributed by atoms with Crippen LogP contribution in [-0.2, 0) is 4.79 Å². The Morgan fingerprint density at radius 2 is 1.87 bits per heavy atom. The molecule has 0 unspecified atom stereocenters. The van der Waals surface area contributed by atoms with E-state index in [1.807, 2.05) is 31.2 Å². The Balaban J connectivity index is 1.84. The summed E-state index contributed by atoms with van der Waals surface area (Å²) < 4.78 is 0. The van der Waals surface area contributed by atoms with Crippen LogP contribution in [0.1, 0.15) is 28.9 Å². The van der Waals surface area contributed by atoms with E-state index in [0.29, 0.717) is 5.56 Å². The van der Waals surface area contributed by atoms with E-state index in [2.05, 4.69) is 12.0 Å². The minimum Gasteiger partial charge on any atom is -0.358 e. The molecule has 3 rings (SSSR count). The summed E-state index contributed by atoms with van der Waals surface area (Å²) in [5.74, 6) is -0.809. The molecule has 5 heteroatoms. The van der Waals surface area contributed by atoms with E-state index in [1.165, 1.54) is 4.90 Å². The number of amides is 1. The molecule has 23 heavy (non-hydrogen) atoms. The lowest BCUT2D eigenvalue weighted by atomic mass is 10.0. The van der Waals surface area contributed by atoms with Crippen LogP contribution in [0.15, 0.2) is 24.3 Å². The molecule has 1 aromatic heterocycles. The Labute approximate surface area is 136 Å². The summed E-state index contributed by atoms with van der Waals surface area (Å²) in [6.45, 7) is 3.94. The molecule has 0 spiro atoms. The van der Waals surface area contributed by atoms with Gasteiger partial charge in [0.1, 0.15) is 0 Å². The van der Waals surface area contributed by atoms with Crippen molar-refractivity contribution in [2.45, 2.75) is 25.8 Å². The van der Waals surface area contributed by atoms with Crippen LogP contribution in [0.4, 0.5) is 0 Å². The van der Waals surface area contributed by atoms with Crippen molar-refractivity contribution in [3.63, 3.8) is 0 Å². The zero-order valence-electron chi connectivity index (χ0n) is 14.0. The fraction of sp³-hybridized carbons (Fsp3) is 0.444. The van der Waals surface area contributed by atoms with Gasteiger partial charge in [0.15, 0.2) is 0 Å². The van der Waals surface area contributed by atoms with Crippen molar-refractivity contribution < 1.29 is 14.5 Å². The van der Waals surface area contributed by atoms with Crippen LogP contribution in [-0.4, -0.2) is 54.8 Å². The number of piperidine rings is 1. The lowest BCUT2D eigenvalue weighted by Crippen LogP contribution is -3.10. The van der Waals surface area contributed by atoms with Gasteiger partial charge >= 0.3 is 0 Å². The summed E-state index contributed by atoms with van der Waals surface area (Å²) in [5.41, 5.74) is 2.16. The fourth-order valence-electron chi connectivity index (χ4n) is 3.48. The van der Waals surface area contributed by atoms with Crippen molar-refractivity contribution in [1.29, 1.82) is 0 Å². The van der Waals surface area contributed by atoms with Gasteiger partial charge in [-0.2, -0.15) is 0 Å². The number of rotatable bonds is 3. The molecule has 0 aliphatic carbocycles. The molecule has 0 saturated carbocycles. The van der Waals surface area contributed by atoms with Crippen LogP contribution < -0.4 is 4.90 Å². The number of aromatic nitrogens is 1. The molecule has 1 aliphatic rings. The van der Waals surface area contributed by atoms with Crippen LogP contribution in [0.2, 0.25) is 0 Å². The van der Waals surface area contributed by atoms with Crippen molar-refractivity contribution in [1.82, 2.24) is 9.88 Å². The van der Waals surface area contributed by atoms with Crippen LogP contribution in [0.25, 0.3) is 10.9 Å². The number of H-pyrrole nitrogens is 1. The monoisotopic (exact) mass is 314 g/mol. The molecule has 1 aliphatic heterocycles. The molecule has 2 heterocycles. The second-order valence-corrected chi connectivity index (χ2v) is 6.60. The van der Waals surface area contributed by atoms with Crippen LogP contribution >= 0.6 is 0 Å². The SMILES string of the molecule is Cc1[nH]c2ccccc2c1C(=O)C(=O)N(C)C1CC[NH+](C)CC1. The first-order valence-electron chi connectivity index (χ1n) is 8.19. The van der Waals surface area contributed by atoms with Gasteiger partial charge in [-0.3, -0.25) is 9.59 Å². The number of Topliss-reactive ketones (excluding diaryl/α,β-unsaturated/α-hetero) is 1. The van der Waals surface area contributed by atoms with Crippen molar-refractivity contribution in [3.05, 3.63) is 35.5 Å². The van der Waals surface area contributed by atoms with Gasteiger partial charge in [-0.25, -0.2) is 0 Å². The zero-order valence-corrected chi connectivity index (χ0v) is 14.0. The van der Waals surface area contributed by atoms with E-state index in [0.717, 1.165) is 42.5 Å². The molecule has 2 aromatic rings. The third-order valence-electron chi connectivity index (χ3n) is 4.99. The number of hydrogen-bond donors (Lipinski definition) is 2. The number of benzene rings is 1. The van der Waals surface area contributed by atoms with Gasteiger partial charge in [0.25, 0.3) is 11.7 Å². The van der Waals surface area contributed by atoms with Gasteiger partial charge in [-0.05, 0) is 13.0 Å². The molecule has 1 saturated heterocycles. The summed E-state index contributed by atoms with van der Waals surface area (Å²) in [4.78, 5) is 31.8. The number of para-hydroxylation sites is 1. The number of fused-ring (bicyclic) bond motifs is 1. The maximum atomic E-state index is 12.8. The number of nitrogens with one attached hydrogen (secondary N) is 2. The second kappa shape index (κ2) is 6.16. The molecular weight excluding hydrogens is 290 g/mol. The van der Waals surface area contributed by atoms with Gasteiger partial charge in [-0.1, -0.05) is 18.2 Å². The lowest BCUT2D eigenvalue weighted by molar-refractivity contribution is -0.885. The minimum atomic E-state index is -0.409. The van der Waals surface area contributed by atoms with Crippen molar-refractivity contribution >= 4 is 22.6 Å². The summed E-state index contributed by atoms with van der Waals surface area (Å²) in [6, 6.07) is 7.79. The van der Waals surface area contributed by atoms with E-state index in [-0.39, 0.29) is 6.04 Å². The van der Waals surface area contributed by atoms with Crippen molar-refractivity contribution in [3.8, 4) is 0 Å². The number of nitrogens with zero attached hydrogens (tertiary/aromatic N) is 1. The molecular formula is C18H24N3O2+. The predicted molar refractivity (Wildman–Crippen MR) is 89.8 cm³/mol. The number of likely N-dealkylation sites (N-methyl/N-ethyl adjacent to an activating group) is 1. The van der Waals surface area contributed by atoms with E-state index < -0.39 is 11.7 Å². The van der Waals surface area contributed by atoms with Crippen molar-refractivity contribution in [2.24, 2.45) is 0 Å². The maximum absolute atomic E-state index is 12.8. The maximum Gasteiger partial charge on any atom is 0.295 e. The largest absolute Gasteiger partial charge is 0.358 e. The van der Waals surface area contributed by atoms with Crippen LogP contribution in [0.5, 0.6) is 0 Å². The molecule has 122 valence electrons. The summed E-state index contributed by atoms with van der Waals surface area (Å²) in [7, 11) is 3.92. The van der Waals surface area contributed by atoms with Gasteiger partial charge in [0, 0.05) is 42.5 Å². The Morgan fingerprint density at radius 1 is 1.22 bits per heavy atom.